The van der Waals surface area contributed by atoms with Crippen molar-refractivity contribution < 1.29 is 61.5 Å². The fourth-order valence-electron chi connectivity index (χ4n) is 11.1. The number of nitrogens with one attached hydrogen (secondary N) is 1. The van der Waals surface area contributed by atoms with Crippen molar-refractivity contribution in [2.45, 2.75) is 169 Å². The Morgan fingerprint density at radius 2 is 1.21 bits per heavy atom. The van der Waals surface area contributed by atoms with Gasteiger partial charge in [0.05, 0.1) is 21.6 Å². The normalized spacial score (nSPS) is 17.1. The van der Waals surface area contributed by atoms with Gasteiger partial charge in [-0.1, -0.05) is 122 Å². The van der Waals surface area contributed by atoms with Crippen LogP contribution in [0.3, 0.4) is 0 Å². The summed E-state index contributed by atoms with van der Waals surface area (Å²) in [5, 5.41) is 4.58. The van der Waals surface area contributed by atoms with Crippen LogP contribution >= 0.6 is 0 Å². The molecular formula is C56H75N3O14S4. The van der Waals surface area contributed by atoms with Gasteiger partial charge < -0.3 is 15.1 Å². The highest BCUT2D eigenvalue weighted by molar-refractivity contribution is 7.87. The number of unbranched alkanes of at least 4 members (excludes halogenated alkanes) is 9. The molecule has 4 aromatic rings. The van der Waals surface area contributed by atoms with Gasteiger partial charge in [-0.05, 0) is 108 Å². The average Bonchev–Trinajstić information content (AvgIpc) is 3.89. The van der Waals surface area contributed by atoms with Gasteiger partial charge in [-0.2, -0.15) is 33.7 Å². The Hall–Kier alpha value is -5.00. The zero-order valence-electron chi connectivity index (χ0n) is 44.7. The van der Waals surface area contributed by atoms with Crippen molar-refractivity contribution in [2.75, 3.05) is 35.2 Å². The number of anilines is 2. The number of carbonyl (C=O) groups excluding carboxylic acids is 2. The molecule has 0 aliphatic carbocycles. The fourth-order valence-corrected chi connectivity index (χ4v) is 13.4. The maximum atomic E-state index is 12.9. The van der Waals surface area contributed by atoms with E-state index in [9.17, 15) is 61.5 Å². The summed E-state index contributed by atoms with van der Waals surface area (Å²) in [7, 11) is -18.7. The molecule has 2 aliphatic heterocycles. The van der Waals surface area contributed by atoms with Crippen LogP contribution < -0.4 is 15.1 Å². The molecule has 1 unspecified atom stereocenters. The molecule has 0 spiro atoms. The van der Waals surface area contributed by atoms with Gasteiger partial charge in [0.15, 0.2) is 0 Å². The Bertz CT molecular complexity index is 3390. The number of Topliss-reactive ketones (excluding diaryl/α,β-unsaturated/α-hetero) is 1. The van der Waals surface area contributed by atoms with Crippen molar-refractivity contribution in [1.29, 1.82) is 0 Å². The second kappa shape index (κ2) is 25.4. The number of amides is 1. The second-order valence-corrected chi connectivity index (χ2v) is 27.2. The van der Waals surface area contributed by atoms with Gasteiger partial charge in [0.25, 0.3) is 40.5 Å². The first-order valence-corrected chi connectivity index (χ1v) is 32.4. The molecule has 0 radical (unpaired) electrons. The Balaban J connectivity index is 1.21. The summed E-state index contributed by atoms with van der Waals surface area (Å²) >= 11 is 0. The van der Waals surface area contributed by atoms with Crippen LogP contribution in [0.4, 0.5) is 11.4 Å². The summed E-state index contributed by atoms with van der Waals surface area (Å²) in [4.78, 5) is 27.5. The largest absolute Gasteiger partial charge is 0.364 e. The number of carbonyl (C=O) groups is 2. The van der Waals surface area contributed by atoms with Crippen LogP contribution in [0.2, 0.25) is 0 Å². The number of nitrogens with zero attached hydrogens (tertiary/aromatic N) is 2. The molecule has 0 saturated heterocycles. The monoisotopic (exact) mass is 1140 g/mol. The van der Waals surface area contributed by atoms with Gasteiger partial charge >= 0.3 is 0 Å². The molecular weight excluding hydrogens is 1070 g/mol. The van der Waals surface area contributed by atoms with Crippen molar-refractivity contribution in [3.63, 3.8) is 0 Å². The van der Waals surface area contributed by atoms with E-state index in [1.165, 1.54) is 43.5 Å². The van der Waals surface area contributed by atoms with Crippen molar-refractivity contribution in [1.82, 2.24) is 5.32 Å². The Kier molecular flexibility index (Phi) is 20.2. The number of rotatable bonds is 29. The van der Waals surface area contributed by atoms with Crippen molar-refractivity contribution in [2.24, 2.45) is 0 Å². The molecule has 17 nitrogen and oxygen atoms in total. The first kappa shape index (κ1) is 61.2. The summed E-state index contributed by atoms with van der Waals surface area (Å²) in [6.45, 7) is 11.3. The minimum absolute atomic E-state index is 0.0576. The third-order valence-electron chi connectivity index (χ3n) is 14.9. The highest BCUT2D eigenvalue weighted by Crippen LogP contribution is 2.52. The molecule has 77 heavy (non-hydrogen) atoms. The van der Waals surface area contributed by atoms with Gasteiger partial charge in [0.1, 0.15) is 10.7 Å². The molecule has 0 aromatic heterocycles. The smallest absolute Gasteiger partial charge is 0.295 e. The van der Waals surface area contributed by atoms with E-state index in [1.54, 1.807) is 18.2 Å². The SMILES string of the molecule is CCCCCCCNC(=O)CCCCCCC(=O)CCCCCN1/C(=C/C=C/C=C/C2N(CCCS(=O)(=O)O)c3ccc4ccc(S(=O)(=O)O)cc4c3C2(C)C)C(C)(C)c2c1ccc1c(S(=O)(=O)O)cc(S(=O)(=O)O)cc21. The van der Waals surface area contributed by atoms with Gasteiger partial charge in [0, 0.05) is 72.2 Å². The number of allylic oxidation sites excluding steroid dienone is 5. The molecule has 4 aromatic carbocycles. The standard InChI is InChI=1S/C56H75N3O14S4/c1-6-7-8-11-19-33-57-52(61)26-18-10-9-14-22-41(60)23-15-13-20-34-58-48-32-30-44-46(38-43(76(68,69)70)39-49(44)77(71,72)73)54(48)56(4,5)51(58)25-17-12-16-24-50-55(2,3)53-45-37-42(75(65,66)67)29-27-40(45)28-31-47(53)59(50)35-21-36-74(62,63)64/h12,16-17,24-25,27-32,37-39,50H,6-11,13-15,18-23,26,33-36H2,1-5H3,(H,57,61)(H,62,63,64)(H,65,66,67)(H,68,69,70)(H,71,72,73)/b17-12+,24-16+,51-25+. The van der Waals surface area contributed by atoms with Crippen molar-refractivity contribution in [3.8, 4) is 0 Å². The number of hydrogen-bond donors (Lipinski definition) is 5. The van der Waals surface area contributed by atoms with Crippen molar-refractivity contribution >= 4 is 85.1 Å². The Morgan fingerprint density at radius 3 is 1.86 bits per heavy atom. The number of benzene rings is 4. The lowest BCUT2D eigenvalue weighted by Crippen LogP contribution is -2.40. The van der Waals surface area contributed by atoms with Crippen LogP contribution in [0.15, 0.2) is 105 Å². The summed E-state index contributed by atoms with van der Waals surface area (Å²) in [5.41, 5.74) is 1.85. The number of hydrogen-bond acceptors (Lipinski definition) is 12. The Morgan fingerprint density at radius 1 is 0.597 bits per heavy atom. The Labute approximate surface area is 455 Å². The van der Waals surface area contributed by atoms with Crippen LogP contribution in [0, 0.1) is 0 Å². The first-order valence-electron chi connectivity index (χ1n) is 26.5. The molecule has 0 fully saturated rings. The highest BCUT2D eigenvalue weighted by Gasteiger charge is 2.45. The van der Waals surface area contributed by atoms with Crippen molar-refractivity contribution in [3.05, 3.63) is 102 Å². The van der Waals surface area contributed by atoms with E-state index in [0.717, 1.165) is 66.9 Å². The van der Waals surface area contributed by atoms with Crippen LogP contribution in [0.5, 0.6) is 0 Å². The van der Waals surface area contributed by atoms with Crippen LogP contribution in [0.1, 0.15) is 148 Å². The van der Waals surface area contributed by atoms with Gasteiger partial charge in [-0.15, -0.1) is 0 Å². The lowest BCUT2D eigenvalue weighted by Gasteiger charge is -2.32. The van der Waals surface area contributed by atoms with Crippen LogP contribution in [0.25, 0.3) is 21.5 Å². The van der Waals surface area contributed by atoms with E-state index in [1.807, 2.05) is 69.0 Å². The molecule has 1 amide bonds. The molecule has 0 saturated carbocycles. The predicted molar refractivity (Wildman–Crippen MR) is 302 cm³/mol. The molecule has 2 aliphatic rings. The molecule has 0 bridgehead atoms. The molecule has 1 atom stereocenters. The zero-order valence-corrected chi connectivity index (χ0v) is 48.0. The zero-order chi connectivity index (χ0) is 56.6. The van der Waals surface area contributed by atoms with E-state index in [0.29, 0.717) is 68.3 Å². The number of ketones is 1. The fraction of sp³-hybridized carbons (Fsp3) is 0.500. The molecule has 2 heterocycles. The lowest BCUT2D eigenvalue weighted by atomic mass is 9.78. The average molecular weight is 1140 g/mol. The maximum absolute atomic E-state index is 12.9. The first-order chi connectivity index (χ1) is 36.1. The van der Waals surface area contributed by atoms with E-state index >= 15 is 0 Å². The third kappa shape index (κ3) is 15.4. The highest BCUT2D eigenvalue weighted by atomic mass is 32.2. The molecule has 5 N–H and O–H groups in total. The van der Waals surface area contributed by atoms with Crippen LogP contribution in [-0.2, 0) is 60.9 Å². The summed E-state index contributed by atoms with van der Waals surface area (Å²) in [6, 6.07) is 12.8. The van der Waals surface area contributed by atoms with E-state index in [4.69, 9.17) is 0 Å². The third-order valence-corrected chi connectivity index (χ3v) is 18.3. The van der Waals surface area contributed by atoms with Gasteiger partial charge in [-0.3, -0.25) is 27.8 Å². The van der Waals surface area contributed by atoms with E-state index in [-0.39, 0.29) is 40.3 Å². The summed E-state index contributed by atoms with van der Waals surface area (Å²) in [5.74, 6) is -0.225. The van der Waals surface area contributed by atoms with Gasteiger partial charge in [-0.25, -0.2) is 0 Å². The quantitative estimate of drug-likeness (QED) is 0.0192. The topological polar surface area (TPSA) is 270 Å². The maximum Gasteiger partial charge on any atom is 0.295 e. The minimum Gasteiger partial charge on any atom is -0.364 e. The molecule has 21 heteroatoms. The second-order valence-electron chi connectivity index (χ2n) is 21.4. The van der Waals surface area contributed by atoms with Gasteiger partial charge in [0.2, 0.25) is 5.91 Å². The minimum atomic E-state index is -4.97. The van der Waals surface area contributed by atoms with E-state index in [2.05, 4.69) is 17.1 Å². The molecule has 422 valence electrons. The molecule has 6 rings (SSSR count). The number of fused-ring (bicyclic) bond motifs is 6. The lowest BCUT2D eigenvalue weighted by molar-refractivity contribution is -0.121. The van der Waals surface area contributed by atoms with E-state index < -0.39 is 72.9 Å². The predicted octanol–water partition coefficient (Wildman–Crippen LogP) is 10.8. The van der Waals surface area contributed by atoms with Crippen LogP contribution in [-0.4, -0.2) is 95.0 Å². The summed E-state index contributed by atoms with van der Waals surface area (Å²) < 4.78 is 138. The summed E-state index contributed by atoms with van der Waals surface area (Å²) in [6.07, 6.45) is 21.8.